The molecule has 0 aliphatic carbocycles. The fraction of sp³-hybridized carbons (Fsp3) is 0.0833. The molecular weight excluding hydrogens is 288 g/mol. The molecule has 0 radical (unpaired) electrons. The summed E-state index contributed by atoms with van der Waals surface area (Å²) in [6.07, 6.45) is 1.50. The molecule has 0 N–H and O–H groups in total. The molecular formula is C12H9BrO2S. The van der Waals surface area contributed by atoms with E-state index in [-0.39, 0.29) is 5.78 Å². The minimum Gasteiger partial charge on any atom is -0.460 e. The van der Waals surface area contributed by atoms with Crippen LogP contribution < -0.4 is 0 Å². The third-order valence-electron chi connectivity index (χ3n) is 1.98. The molecule has 0 amide bonds. The first-order chi connectivity index (χ1) is 7.77. The van der Waals surface area contributed by atoms with E-state index in [1.54, 1.807) is 6.07 Å². The second-order valence-electron chi connectivity index (χ2n) is 3.12. The molecule has 0 aliphatic rings. The van der Waals surface area contributed by atoms with Crippen LogP contribution in [0, 0.1) is 0 Å². The van der Waals surface area contributed by atoms with Gasteiger partial charge in [-0.3, -0.25) is 4.79 Å². The largest absolute Gasteiger partial charge is 0.460 e. The van der Waals surface area contributed by atoms with E-state index < -0.39 is 0 Å². The lowest BCUT2D eigenvalue weighted by molar-refractivity contribution is 0.0991. The lowest BCUT2D eigenvalue weighted by Gasteiger charge is -1.99. The average Bonchev–Trinajstić information content (AvgIpc) is 2.74. The molecule has 1 aromatic carbocycles. The number of carbonyl (C=O) groups is 1. The smallest absolute Gasteiger partial charge is 0.209 e. The van der Waals surface area contributed by atoms with E-state index in [1.165, 1.54) is 18.0 Å². The summed E-state index contributed by atoms with van der Waals surface area (Å²) < 4.78 is 5.82. The molecule has 0 bridgehead atoms. The molecule has 1 aromatic heterocycles. The van der Waals surface area contributed by atoms with Gasteiger partial charge in [0.15, 0.2) is 5.76 Å². The van der Waals surface area contributed by atoms with Gasteiger partial charge < -0.3 is 4.42 Å². The second kappa shape index (κ2) is 5.37. The van der Waals surface area contributed by atoms with Gasteiger partial charge >= 0.3 is 0 Å². The second-order valence-corrected chi connectivity index (χ2v) is 5.03. The highest BCUT2D eigenvalue weighted by Crippen LogP contribution is 2.22. The summed E-state index contributed by atoms with van der Waals surface area (Å²) in [5.41, 5.74) is 0. The zero-order chi connectivity index (χ0) is 11.4. The number of ketones is 1. The van der Waals surface area contributed by atoms with Crippen molar-refractivity contribution in [2.75, 3.05) is 5.75 Å². The van der Waals surface area contributed by atoms with Crippen molar-refractivity contribution in [2.24, 2.45) is 0 Å². The van der Waals surface area contributed by atoms with E-state index in [0.717, 1.165) is 4.90 Å². The molecule has 0 saturated carbocycles. The minimum absolute atomic E-state index is 0.00859. The highest BCUT2D eigenvalue weighted by molar-refractivity contribution is 9.10. The molecule has 0 aliphatic heterocycles. The Morgan fingerprint density at radius 1 is 1.25 bits per heavy atom. The van der Waals surface area contributed by atoms with Crippen LogP contribution in [0.5, 0.6) is 0 Å². The molecule has 1 heterocycles. The predicted molar refractivity (Wildman–Crippen MR) is 67.9 cm³/mol. The van der Waals surface area contributed by atoms with Gasteiger partial charge in [0.25, 0.3) is 0 Å². The Hall–Kier alpha value is -1.00. The van der Waals surface area contributed by atoms with E-state index in [9.17, 15) is 4.79 Å². The monoisotopic (exact) mass is 296 g/mol. The van der Waals surface area contributed by atoms with Gasteiger partial charge in [-0.15, -0.1) is 11.8 Å². The van der Waals surface area contributed by atoms with Gasteiger partial charge in [0.05, 0.1) is 16.5 Å². The topological polar surface area (TPSA) is 30.2 Å². The summed E-state index contributed by atoms with van der Waals surface area (Å²) in [5.74, 6) is 0.769. The van der Waals surface area contributed by atoms with Crippen LogP contribution in [-0.2, 0) is 0 Å². The van der Waals surface area contributed by atoms with Crippen molar-refractivity contribution in [1.29, 1.82) is 0 Å². The van der Waals surface area contributed by atoms with Crippen LogP contribution in [0.15, 0.2) is 56.4 Å². The standard InChI is InChI=1S/C12H9BrO2S/c13-10-6-7-15-12(10)11(14)8-16-9-4-2-1-3-5-9/h1-7H,8H2. The van der Waals surface area contributed by atoms with Crippen molar-refractivity contribution >= 4 is 33.5 Å². The number of furan rings is 1. The summed E-state index contributed by atoms with van der Waals surface area (Å²) in [6.45, 7) is 0. The highest BCUT2D eigenvalue weighted by Gasteiger charge is 2.13. The van der Waals surface area contributed by atoms with Gasteiger partial charge in [0.1, 0.15) is 0 Å². The zero-order valence-corrected chi connectivity index (χ0v) is 10.8. The molecule has 2 rings (SSSR count). The molecule has 2 nitrogen and oxygen atoms in total. The van der Waals surface area contributed by atoms with Gasteiger partial charge in [-0.1, -0.05) is 18.2 Å². The third-order valence-corrected chi connectivity index (χ3v) is 3.62. The number of Topliss-reactive ketones (excluding diaryl/α,β-unsaturated/α-hetero) is 1. The Bertz CT molecular complexity index is 479. The van der Waals surface area contributed by atoms with Gasteiger partial charge in [0, 0.05) is 4.90 Å². The Kier molecular flexibility index (Phi) is 3.85. The van der Waals surface area contributed by atoms with Crippen LogP contribution in [0.2, 0.25) is 0 Å². The van der Waals surface area contributed by atoms with Crippen LogP contribution in [0.1, 0.15) is 10.6 Å². The van der Waals surface area contributed by atoms with Crippen LogP contribution >= 0.6 is 27.7 Å². The van der Waals surface area contributed by atoms with Crippen LogP contribution in [0.4, 0.5) is 0 Å². The maximum absolute atomic E-state index is 11.8. The lowest BCUT2D eigenvalue weighted by Crippen LogP contribution is -2.01. The van der Waals surface area contributed by atoms with E-state index in [1.807, 2.05) is 30.3 Å². The molecule has 16 heavy (non-hydrogen) atoms. The van der Waals surface area contributed by atoms with E-state index in [2.05, 4.69) is 15.9 Å². The lowest BCUT2D eigenvalue weighted by atomic mass is 10.3. The van der Waals surface area contributed by atoms with Gasteiger partial charge in [-0.2, -0.15) is 0 Å². The Morgan fingerprint density at radius 3 is 2.62 bits per heavy atom. The van der Waals surface area contributed by atoms with Crippen LogP contribution in [-0.4, -0.2) is 11.5 Å². The molecule has 2 aromatic rings. The van der Waals surface area contributed by atoms with E-state index in [0.29, 0.717) is 16.0 Å². The number of hydrogen-bond acceptors (Lipinski definition) is 3. The molecule has 4 heteroatoms. The molecule has 0 fully saturated rings. The molecule has 0 spiro atoms. The van der Waals surface area contributed by atoms with Crippen molar-refractivity contribution in [2.45, 2.75) is 4.90 Å². The van der Waals surface area contributed by atoms with Crippen LogP contribution in [0.3, 0.4) is 0 Å². The summed E-state index contributed by atoms with van der Waals surface area (Å²) in [5, 5.41) is 0. The molecule has 0 unspecified atom stereocenters. The normalized spacial score (nSPS) is 10.3. The number of benzene rings is 1. The summed E-state index contributed by atoms with van der Waals surface area (Å²) in [4.78, 5) is 12.8. The van der Waals surface area contributed by atoms with Crippen molar-refractivity contribution < 1.29 is 9.21 Å². The number of carbonyl (C=O) groups excluding carboxylic acids is 1. The van der Waals surface area contributed by atoms with E-state index >= 15 is 0 Å². The highest BCUT2D eigenvalue weighted by atomic mass is 79.9. The summed E-state index contributed by atoms with van der Waals surface area (Å²) >= 11 is 4.77. The summed E-state index contributed by atoms with van der Waals surface area (Å²) in [6, 6.07) is 11.5. The number of halogens is 1. The maximum Gasteiger partial charge on any atom is 0.209 e. The zero-order valence-electron chi connectivity index (χ0n) is 8.35. The fourth-order valence-corrected chi connectivity index (χ4v) is 2.42. The third kappa shape index (κ3) is 2.77. The fourth-order valence-electron chi connectivity index (χ4n) is 1.22. The van der Waals surface area contributed by atoms with Crippen molar-refractivity contribution in [1.82, 2.24) is 0 Å². The van der Waals surface area contributed by atoms with E-state index in [4.69, 9.17) is 4.42 Å². The molecule has 82 valence electrons. The first-order valence-corrected chi connectivity index (χ1v) is 6.49. The Balaban J connectivity index is 1.97. The van der Waals surface area contributed by atoms with Gasteiger partial charge in [0.2, 0.25) is 5.78 Å². The first-order valence-electron chi connectivity index (χ1n) is 4.71. The summed E-state index contributed by atoms with van der Waals surface area (Å²) in [7, 11) is 0. The Labute approximate surface area is 106 Å². The Morgan fingerprint density at radius 2 is 2.00 bits per heavy atom. The van der Waals surface area contributed by atoms with Gasteiger partial charge in [-0.05, 0) is 34.1 Å². The molecule has 0 saturated heterocycles. The van der Waals surface area contributed by atoms with Crippen LogP contribution in [0.25, 0.3) is 0 Å². The average molecular weight is 297 g/mol. The predicted octanol–water partition coefficient (Wildman–Crippen LogP) is 4.02. The maximum atomic E-state index is 11.8. The van der Waals surface area contributed by atoms with Crippen molar-refractivity contribution in [3.05, 3.63) is 52.9 Å². The quantitative estimate of drug-likeness (QED) is 0.631. The van der Waals surface area contributed by atoms with Gasteiger partial charge in [-0.25, -0.2) is 0 Å². The number of thioether (sulfide) groups is 1. The SMILES string of the molecule is O=C(CSc1ccccc1)c1occc1Br. The first kappa shape index (κ1) is 11.5. The minimum atomic E-state index is -0.00859. The number of rotatable bonds is 4. The number of hydrogen-bond donors (Lipinski definition) is 0. The van der Waals surface area contributed by atoms with Crippen molar-refractivity contribution in [3.63, 3.8) is 0 Å². The van der Waals surface area contributed by atoms with Crippen molar-refractivity contribution in [3.8, 4) is 0 Å². The molecule has 0 atom stereocenters.